The Bertz CT molecular complexity index is 1560. The highest BCUT2D eigenvalue weighted by atomic mass is 16.2. The predicted molar refractivity (Wildman–Crippen MR) is 225 cm³/mol. The van der Waals surface area contributed by atoms with E-state index in [1.165, 1.54) is 0 Å². The fourth-order valence-electron chi connectivity index (χ4n) is 10.0. The van der Waals surface area contributed by atoms with Gasteiger partial charge in [0.25, 0.3) is 0 Å². The van der Waals surface area contributed by atoms with Gasteiger partial charge in [0, 0.05) is 76.6 Å². The van der Waals surface area contributed by atoms with E-state index in [-0.39, 0.29) is 65.3 Å². The molecule has 58 heavy (non-hydrogen) atoms. The van der Waals surface area contributed by atoms with E-state index in [4.69, 9.17) is 5.73 Å². The minimum Gasteiger partial charge on any atom is -0.370 e. The molecule has 4 aliphatic heterocycles. The number of H-pyrrole nitrogens is 1. The van der Waals surface area contributed by atoms with Gasteiger partial charge >= 0.3 is 0 Å². The first-order chi connectivity index (χ1) is 27.5. The van der Waals surface area contributed by atoms with E-state index in [1.807, 2.05) is 39.6 Å². The number of aromatic nitrogens is 2. The van der Waals surface area contributed by atoms with Crippen LogP contribution in [0.25, 0.3) is 0 Å². The van der Waals surface area contributed by atoms with Gasteiger partial charge in [-0.1, -0.05) is 41.5 Å². The molecule has 8 atom stereocenters. The van der Waals surface area contributed by atoms with Crippen molar-refractivity contribution in [3.63, 3.8) is 0 Å². The maximum atomic E-state index is 14.6. The van der Waals surface area contributed by atoms with Crippen molar-refractivity contribution in [1.29, 1.82) is 0 Å². The highest BCUT2D eigenvalue weighted by Crippen LogP contribution is 2.31. The topological polar surface area (TPSA) is 177 Å². The van der Waals surface area contributed by atoms with Gasteiger partial charge in [0.1, 0.15) is 17.9 Å². The first-order valence-electron chi connectivity index (χ1n) is 22.5. The lowest BCUT2D eigenvalue weighted by Gasteiger charge is -2.44. The Kier molecular flexibility index (Phi) is 16.2. The van der Waals surface area contributed by atoms with Crippen LogP contribution in [0.2, 0.25) is 0 Å². The summed E-state index contributed by atoms with van der Waals surface area (Å²) in [6.07, 6.45) is 8.70. The SMILES string of the molecule is Cc1cnc(CC2CCN(C(=O)[C@H](CC(C)C(C)C[C@@H]3NCCN([C@@H](CC(C)C)C(=O)N4CC[C@@H](CC(N)=O)C[C@@H]4C)C3=O)N3CCN[C@@H](CC(C)C)C3=O)CC2)[nH]1. The van der Waals surface area contributed by atoms with Crippen molar-refractivity contribution < 1.29 is 24.0 Å². The predicted octanol–water partition coefficient (Wildman–Crippen LogP) is 3.48. The molecule has 2 unspecified atom stereocenters. The molecule has 14 heteroatoms. The molecule has 5 N–H and O–H groups in total. The van der Waals surface area contributed by atoms with E-state index >= 15 is 0 Å². The van der Waals surface area contributed by atoms with Crippen LogP contribution in [0.5, 0.6) is 0 Å². The van der Waals surface area contributed by atoms with Crippen molar-refractivity contribution >= 4 is 29.5 Å². The molecule has 1 aromatic rings. The number of nitrogens with two attached hydrogens (primary N) is 1. The van der Waals surface area contributed by atoms with Crippen LogP contribution in [-0.4, -0.2) is 135 Å². The quantitative estimate of drug-likeness (QED) is 0.185. The average molecular weight is 810 g/mol. The third kappa shape index (κ3) is 11.8. The number of nitrogens with zero attached hydrogens (tertiary/aromatic N) is 5. The monoisotopic (exact) mass is 810 g/mol. The van der Waals surface area contributed by atoms with E-state index in [0.29, 0.717) is 83.3 Å². The molecule has 5 heterocycles. The summed E-state index contributed by atoms with van der Waals surface area (Å²) < 4.78 is 0. The summed E-state index contributed by atoms with van der Waals surface area (Å²) in [6.45, 7) is 20.8. The largest absolute Gasteiger partial charge is 0.370 e. The van der Waals surface area contributed by atoms with Crippen molar-refractivity contribution in [2.75, 3.05) is 45.8 Å². The second-order valence-corrected chi connectivity index (χ2v) is 19.2. The Morgan fingerprint density at radius 3 is 1.90 bits per heavy atom. The highest BCUT2D eigenvalue weighted by molar-refractivity contribution is 5.91. The number of primary amides is 1. The number of piperazine rings is 2. The van der Waals surface area contributed by atoms with Crippen LogP contribution in [-0.2, 0) is 30.4 Å². The molecule has 0 spiro atoms. The Labute approximate surface area is 347 Å². The van der Waals surface area contributed by atoms with Crippen molar-refractivity contribution in [2.24, 2.45) is 41.2 Å². The molecule has 0 radical (unpaired) electrons. The van der Waals surface area contributed by atoms with Gasteiger partial charge in [0.15, 0.2) is 0 Å². The number of nitrogens with one attached hydrogen (secondary N) is 3. The number of imidazole rings is 1. The molecule has 0 bridgehead atoms. The summed E-state index contributed by atoms with van der Waals surface area (Å²) in [5.74, 6) is 1.95. The van der Waals surface area contributed by atoms with Crippen molar-refractivity contribution in [2.45, 2.75) is 150 Å². The summed E-state index contributed by atoms with van der Waals surface area (Å²) in [5.41, 5.74) is 6.54. The molecule has 326 valence electrons. The van der Waals surface area contributed by atoms with Crippen LogP contribution in [0.4, 0.5) is 0 Å². The number of hydrogen-bond acceptors (Lipinski definition) is 8. The Hall–Kier alpha value is -3.52. The Morgan fingerprint density at radius 2 is 1.36 bits per heavy atom. The zero-order chi connectivity index (χ0) is 42.3. The highest BCUT2D eigenvalue weighted by Gasteiger charge is 2.43. The lowest BCUT2D eigenvalue weighted by Crippen LogP contribution is -2.63. The maximum absolute atomic E-state index is 14.6. The molecular formula is C44H75N9O5. The number of likely N-dealkylation sites (tertiary alicyclic amines) is 2. The second-order valence-electron chi connectivity index (χ2n) is 19.2. The zero-order valence-electron chi connectivity index (χ0n) is 36.8. The number of aromatic amines is 1. The van der Waals surface area contributed by atoms with Gasteiger partial charge in [-0.2, -0.15) is 0 Å². The van der Waals surface area contributed by atoms with Gasteiger partial charge in [-0.25, -0.2) is 4.98 Å². The summed E-state index contributed by atoms with van der Waals surface area (Å²) in [7, 11) is 0. The van der Waals surface area contributed by atoms with Gasteiger partial charge in [0.05, 0.1) is 12.1 Å². The summed E-state index contributed by atoms with van der Waals surface area (Å²) >= 11 is 0. The molecule has 0 aliphatic carbocycles. The number of aryl methyl sites for hydroxylation is 1. The number of rotatable bonds is 17. The fourth-order valence-corrected chi connectivity index (χ4v) is 10.0. The first-order valence-corrected chi connectivity index (χ1v) is 22.5. The van der Waals surface area contributed by atoms with Crippen molar-refractivity contribution in [3.8, 4) is 0 Å². The standard InChI is InChI=1S/C44H75N9O5/c1-27(2)19-35-41(55)53(18-12-46-35)38(43(57)50-14-9-33(10-15-50)25-40-48-26-31(7)49-40)22-30(6)29(5)21-36-42(56)52(17-13-47-36)37(20-28(3)4)44(58)51-16-11-34(23-32(51)8)24-39(45)54/h26-30,32-38,46-47H,9-25H2,1-8H3,(H2,45,54)(H,48,49)/t29?,30?,32-,34+,35-,36-,37-,38-/m0/s1. The molecule has 5 rings (SSSR count). The third-order valence-electron chi connectivity index (χ3n) is 13.5. The van der Waals surface area contributed by atoms with Crippen LogP contribution in [0.15, 0.2) is 6.20 Å². The molecule has 4 fully saturated rings. The molecular weight excluding hydrogens is 735 g/mol. The van der Waals surface area contributed by atoms with E-state index in [0.717, 1.165) is 50.0 Å². The summed E-state index contributed by atoms with van der Waals surface area (Å²) in [6, 6.07) is -1.91. The lowest BCUT2D eigenvalue weighted by atomic mass is 9.83. The molecule has 5 amide bonds. The minimum atomic E-state index is -0.570. The van der Waals surface area contributed by atoms with Gasteiger partial charge in [-0.15, -0.1) is 0 Å². The van der Waals surface area contributed by atoms with Gasteiger partial charge in [-0.3, -0.25) is 24.0 Å². The maximum Gasteiger partial charge on any atom is 0.245 e. The van der Waals surface area contributed by atoms with Gasteiger partial charge in [-0.05, 0) is 101 Å². The molecule has 14 nitrogen and oxygen atoms in total. The molecule has 1 aromatic heterocycles. The Morgan fingerprint density at radius 1 is 0.776 bits per heavy atom. The zero-order valence-corrected chi connectivity index (χ0v) is 36.8. The van der Waals surface area contributed by atoms with Crippen LogP contribution in [0, 0.1) is 42.4 Å². The van der Waals surface area contributed by atoms with Crippen LogP contribution < -0.4 is 16.4 Å². The number of carbonyl (C=O) groups is 5. The smallest absolute Gasteiger partial charge is 0.245 e. The Balaban J connectivity index is 1.26. The van der Waals surface area contributed by atoms with Gasteiger partial charge < -0.3 is 41.0 Å². The number of amides is 5. The lowest BCUT2D eigenvalue weighted by molar-refractivity contribution is -0.152. The van der Waals surface area contributed by atoms with Gasteiger partial charge in [0.2, 0.25) is 29.5 Å². The van der Waals surface area contributed by atoms with Crippen molar-refractivity contribution in [3.05, 3.63) is 17.7 Å². The van der Waals surface area contributed by atoms with E-state index in [9.17, 15) is 24.0 Å². The summed E-state index contributed by atoms with van der Waals surface area (Å²) in [5, 5.41) is 6.89. The van der Waals surface area contributed by atoms with Crippen LogP contribution in [0.3, 0.4) is 0 Å². The number of carbonyl (C=O) groups excluding carboxylic acids is 5. The normalized spacial score (nSPS) is 26.0. The average Bonchev–Trinajstić information content (AvgIpc) is 3.58. The summed E-state index contributed by atoms with van der Waals surface area (Å²) in [4.78, 5) is 84.3. The molecule has 4 saturated heterocycles. The fraction of sp³-hybridized carbons (Fsp3) is 0.818. The third-order valence-corrected chi connectivity index (χ3v) is 13.5. The molecule has 0 saturated carbocycles. The minimum absolute atomic E-state index is 0.00736. The molecule has 0 aromatic carbocycles. The van der Waals surface area contributed by atoms with Crippen LogP contribution in [0.1, 0.15) is 118 Å². The number of hydrogen-bond donors (Lipinski definition) is 4. The second kappa shape index (κ2) is 20.6. The van der Waals surface area contributed by atoms with Crippen molar-refractivity contribution in [1.82, 2.24) is 40.2 Å². The number of piperidine rings is 2. The van der Waals surface area contributed by atoms with E-state index in [2.05, 4.69) is 62.1 Å². The molecule has 4 aliphatic rings. The van der Waals surface area contributed by atoms with Crippen LogP contribution >= 0.6 is 0 Å². The van der Waals surface area contributed by atoms with E-state index in [1.54, 1.807) is 0 Å². The van der Waals surface area contributed by atoms with E-state index < -0.39 is 18.1 Å². The first kappa shape index (κ1) is 45.6.